The van der Waals surface area contributed by atoms with Crippen molar-refractivity contribution in [2.45, 2.75) is 19.8 Å². The third-order valence-electron chi connectivity index (χ3n) is 2.14. The van der Waals surface area contributed by atoms with E-state index in [1.54, 1.807) is 0 Å². The van der Waals surface area contributed by atoms with Gasteiger partial charge in [-0.3, -0.25) is 0 Å². The summed E-state index contributed by atoms with van der Waals surface area (Å²) < 4.78 is 0. The molecule has 1 aromatic carbocycles. The van der Waals surface area contributed by atoms with Gasteiger partial charge in [0.25, 0.3) is 0 Å². The zero-order chi connectivity index (χ0) is 11.3. The van der Waals surface area contributed by atoms with Crippen LogP contribution < -0.4 is 10.6 Å². The van der Waals surface area contributed by atoms with Crippen LogP contribution in [0.5, 0.6) is 0 Å². The van der Waals surface area contributed by atoms with Gasteiger partial charge in [-0.1, -0.05) is 6.92 Å². The van der Waals surface area contributed by atoms with Crippen molar-refractivity contribution >= 4 is 17.2 Å². The second-order valence-electron chi connectivity index (χ2n) is 3.76. The zero-order valence-corrected chi connectivity index (χ0v) is 9.70. The molecule has 82 valence electrons. The average molecular weight is 205 g/mol. The van der Waals surface area contributed by atoms with Crippen LogP contribution in [0.1, 0.15) is 19.8 Å². The summed E-state index contributed by atoms with van der Waals surface area (Å²) in [5.74, 6) is 0.704. The molecule has 1 aromatic rings. The van der Waals surface area contributed by atoms with Gasteiger partial charge in [-0.2, -0.15) is 0 Å². The van der Waals surface area contributed by atoms with E-state index in [1.807, 2.05) is 38.4 Å². The molecule has 0 radical (unpaired) electrons. The number of anilines is 1. The van der Waals surface area contributed by atoms with E-state index in [0.717, 1.165) is 18.5 Å². The van der Waals surface area contributed by atoms with E-state index in [2.05, 4.69) is 16.8 Å². The third kappa shape index (κ3) is 3.62. The van der Waals surface area contributed by atoms with Gasteiger partial charge in [0, 0.05) is 26.2 Å². The number of nitrogens with two attached hydrogens (primary N) is 1. The standard InChI is InChI=1S/C12H19N3/c1-4-5-12(13)14-10-6-8-11(9-7-10)15(2)3/h6-9H,4-5H2,1-3H3,(H2,13,14). The minimum absolute atomic E-state index is 0.704. The molecule has 0 amide bonds. The summed E-state index contributed by atoms with van der Waals surface area (Å²) in [6.45, 7) is 2.09. The van der Waals surface area contributed by atoms with E-state index >= 15 is 0 Å². The molecule has 0 aliphatic rings. The summed E-state index contributed by atoms with van der Waals surface area (Å²) in [7, 11) is 4.04. The van der Waals surface area contributed by atoms with Gasteiger partial charge in [0.15, 0.2) is 0 Å². The van der Waals surface area contributed by atoms with Crippen molar-refractivity contribution in [2.24, 2.45) is 10.7 Å². The number of nitrogens with zero attached hydrogens (tertiary/aromatic N) is 2. The monoisotopic (exact) mass is 205 g/mol. The maximum absolute atomic E-state index is 5.75. The molecule has 0 unspecified atom stereocenters. The predicted molar refractivity (Wildman–Crippen MR) is 67.0 cm³/mol. The van der Waals surface area contributed by atoms with Crippen LogP contribution in [0, 0.1) is 0 Å². The minimum atomic E-state index is 0.704. The van der Waals surface area contributed by atoms with Crippen molar-refractivity contribution in [1.82, 2.24) is 0 Å². The quantitative estimate of drug-likeness (QED) is 0.606. The smallest absolute Gasteiger partial charge is 0.0996 e. The highest BCUT2D eigenvalue weighted by molar-refractivity contribution is 5.83. The molecule has 0 heterocycles. The lowest BCUT2D eigenvalue weighted by atomic mass is 10.2. The van der Waals surface area contributed by atoms with Crippen molar-refractivity contribution in [3.05, 3.63) is 24.3 Å². The highest BCUT2D eigenvalue weighted by Gasteiger charge is 1.95. The number of benzene rings is 1. The number of rotatable bonds is 4. The second-order valence-corrected chi connectivity index (χ2v) is 3.76. The van der Waals surface area contributed by atoms with Crippen LogP contribution in [0.2, 0.25) is 0 Å². The topological polar surface area (TPSA) is 41.6 Å². The van der Waals surface area contributed by atoms with Gasteiger partial charge in [-0.15, -0.1) is 0 Å². The molecule has 3 nitrogen and oxygen atoms in total. The molecule has 0 bridgehead atoms. The first kappa shape index (κ1) is 11.6. The van der Waals surface area contributed by atoms with Gasteiger partial charge in [0.2, 0.25) is 0 Å². The Morgan fingerprint density at radius 1 is 1.27 bits per heavy atom. The van der Waals surface area contributed by atoms with E-state index in [0.29, 0.717) is 5.84 Å². The number of amidine groups is 1. The summed E-state index contributed by atoms with van der Waals surface area (Å²) >= 11 is 0. The summed E-state index contributed by atoms with van der Waals surface area (Å²) in [4.78, 5) is 6.38. The fraction of sp³-hybridized carbons (Fsp3) is 0.417. The van der Waals surface area contributed by atoms with Crippen LogP contribution in [0.3, 0.4) is 0 Å². The lowest BCUT2D eigenvalue weighted by Crippen LogP contribution is -2.10. The van der Waals surface area contributed by atoms with Gasteiger partial charge in [0.1, 0.15) is 0 Å². The van der Waals surface area contributed by atoms with E-state index in [4.69, 9.17) is 5.73 Å². The molecule has 15 heavy (non-hydrogen) atoms. The number of hydrogen-bond donors (Lipinski definition) is 1. The normalized spacial score (nSPS) is 11.5. The fourth-order valence-corrected chi connectivity index (χ4v) is 1.30. The molecular weight excluding hydrogens is 186 g/mol. The molecule has 1 rings (SSSR count). The van der Waals surface area contributed by atoms with Gasteiger partial charge in [-0.25, -0.2) is 4.99 Å². The van der Waals surface area contributed by atoms with Crippen LogP contribution in [0.25, 0.3) is 0 Å². The first-order chi connectivity index (χ1) is 7.13. The molecule has 2 N–H and O–H groups in total. The molecule has 0 aliphatic heterocycles. The van der Waals surface area contributed by atoms with Gasteiger partial charge >= 0.3 is 0 Å². The molecule has 0 fully saturated rings. The maximum atomic E-state index is 5.75. The Morgan fingerprint density at radius 3 is 2.33 bits per heavy atom. The van der Waals surface area contributed by atoms with Crippen molar-refractivity contribution in [1.29, 1.82) is 0 Å². The van der Waals surface area contributed by atoms with Crippen LogP contribution in [-0.2, 0) is 0 Å². The van der Waals surface area contributed by atoms with Gasteiger partial charge < -0.3 is 10.6 Å². The van der Waals surface area contributed by atoms with E-state index in [-0.39, 0.29) is 0 Å². The molecule has 0 saturated carbocycles. The van der Waals surface area contributed by atoms with Gasteiger partial charge in [0.05, 0.1) is 11.5 Å². The maximum Gasteiger partial charge on any atom is 0.0996 e. The van der Waals surface area contributed by atoms with Crippen molar-refractivity contribution < 1.29 is 0 Å². The predicted octanol–water partition coefficient (Wildman–Crippen LogP) is 2.54. The summed E-state index contributed by atoms with van der Waals surface area (Å²) in [5.41, 5.74) is 7.85. The van der Waals surface area contributed by atoms with Crippen LogP contribution in [0.15, 0.2) is 29.3 Å². The van der Waals surface area contributed by atoms with Crippen LogP contribution >= 0.6 is 0 Å². The zero-order valence-electron chi connectivity index (χ0n) is 9.70. The fourth-order valence-electron chi connectivity index (χ4n) is 1.30. The lowest BCUT2D eigenvalue weighted by molar-refractivity contribution is 0.983. The van der Waals surface area contributed by atoms with E-state index in [1.165, 1.54) is 5.69 Å². The number of hydrogen-bond acceptors (Lipinski definition) is 2. The first-order valence-corrected chi connectivity index (χ1v) is 5.24. The van der Waals surface area contributed by atoms with Crippen LogP contribution in [0.4, 0.5) is 11.4 Å². The average Bonchev–Trinajstić information content (AvgIpc) is 2.18. The summed E-state index contributed by atoms with van der Waals surface area (Å²) in [6.07, 6.45) is 1.89. The molecule has 0 spiro atoms. The van der Waals surface area contributed by atoms with E-state index < -0.39 is 0 Å². The lowest BCUT2D eigenvalue weighted by Gasteiger charge is -2.11. The van der Waals surface area contributed by atoms with Gasteiger partial charge in [-0.05, 0) is 30.7 Å². The molecule has 3 heteroatoms. The molecule has 0 aromatic heterocycles. The number of aliphatic imine (C=N–C) groups is 1. The van der Waals surface area contributed by atoms with E-state index in [9.17, 15) is 0 Å². The first-order valence-electron chi connectivity index (χ1n) is 5.24. The Kier molecular flexibility index (Phi) is 4.16. The SMILES string of the molecule is CCCC(N)=Nc1ccc(N(C)C)cc1. The third-order valence-corrected chi connectivity index (χ3v) is 2.14. The molecule has 0 aliphatic carbocycles. The minimum Gasteiger partial charge on any atom is -0.387 e. The highest BCUT2D eigenvalue weighted by Crippen LogP contribution is 2.18. The summed E-state index contributed by atoms with van der Waals surface area (Å²) in [5, 5.41) is 0. The van der Waals surface area contributed by atoms with Crippen molar-refractivity contribution in [3.63, 3.8) is 0 Å². The van der Waals surface area contributed by atoms with Crippen molar-refractivity contribution in [3.8, 4) is 0 Å². The Bertz CT molecular complexity index is 325. The molecular formula is C12H19N3. The Labute approximate surface area is 91.6 Å². The highest BCUT2D eigenvalue weighted by atomic mass is 15.1. The Morgan fingerprint density at radius 2 is 1.87 bits per heavy atom. The largest absolute Gasteiger partial charge is 0.387 e. The Balaban J connectivity index is 2.76. The van der Waals surface area contributed by atoms with Crippen LogP contribution in [-0.4, -0.2) is 19.9 Å². The summed E-state index contributed by atoms with van der Waals surface area (Å²) in [6, 6.07) is 8.05. The van der Waals surface area contributed by atoms with Crippen molar-refractivity contribution in [2.75, 3.05) is 19.0 Å². The second kappa shape index (κ2) is 5.39. The Hall–Kier alpha value is -1.51. The molecule has 0 saturated heterocycles. The molecule has 0 atom stereocenters.